The third-order valence-electron chi connectivity index (χ3n) is 3.30. The van der Waals surface area contributed by atoms with Gasteiger partial charge in [0.1, 0.15) is 11.4 Å². The van der Waals surface area contributed by atoms with Crippen molar-refractivity contribution in [3.05, 3.63) is 28.8 Å². The minimum absolute atomic E-state index is 0.0861. The number of Topliss-reactive ketones (excluding diaryl/α,β-unsaturated/α-hetero) is 1. The molecule has 1 aromatic carbocycles. The molecular formula is C14H18O2. The lowest BCUT2D eigenvalue weighted by Gasteiger charge is -2.33. The normalized spacial score (nSPS) is 17.5. The molecular weight excluding hydrogens is 200 g/mol. The lowest BCUT2D eigenvalue weighted by atomic mass is 9.89. The van der Waals surface area contributed by atoms with Gasteiger partial charge in [-0.05, 0) is 63.8 Å². The van der Waals surface area contributed by atoms with Crippen LogP contribution in [0, 0.1) is 6.92 Å². The van der Waals surface area contributed by atoms with Gasteiger partial charge in [-0.2, -0.15) is 0 Å². The van der Waals surface area contributed by atoms with E-state index in [1.807, 2.05) is 19.1 Å². The highest BCUT2D eigenvalue weighted by Gasteiger charge is 2.28. The Labute approximate surface area is 96.6 Å². The Bertz CT molecular complexity index is 444. The van der Waals surface area contributed by atoms with Gasteiger partial charge in [-0.1, -0.05) is 0 Å². The maximum absolute atomic E-state index is 11.4. The van der Waals surface area contributed by atoms with E-state index in [0.717, 1.165) is 29.7 Å². The molecule has 1 aliphatic rings. The van der Waals surface area contributed by atoms with Crippen LogP contribution in [-0.4, -0.2) is 11.4 Å². The van der Waals surface area contributed by atoms with Crippen LogP contribution in [0.15, 0.2) is 12.1 Å². The Morgan fingerprint density at radius 2 is 2.06 bits per heavy atom. The Morgan fingerprint density at radius 3 is 2.69 bits per heavy atom. The summed E-state index contributed by atoms with van der Waals surface area (Å²) in [5.74, 6) is 1.07. The maximum Gasteiger partial charge on any atom is 0.160 e. The summed E-state index contributed by atoms with van der Waals surface area (Å²) in [4.78, 5) is 11.4. The molecule has 0 saturated heterocycles. The first-order valence-corrected chi connectivity index (χ1v) is 5.73. The highest BCUT2D eigenvalue weighted by molar-refractivity contribution is 5.96. The summed E-state index contributed by atoms with van der Waals surface area (Å²) < 4.78 is 5.92. The lowest BCUT2D eigenvalue weighted by Crippen LogP contribution is -2.33. The van der Waals surface area contributed by atoms with Crippen molar-refractivity contribution >= 4 is 5.78 Å². The standard InChI is InChI=1S/C14H18O2/c1-9-11(10(2)15)5-6-13-12(9)7-8-14(3,4)16-13/h5-6H,7-8H2,1-4H3. The molecule has 2 rings (SSSR count). The van der Waals surface area contributed by atoms with Crippen LogP contribution in [0.4, 0.5) is 0 Å². The molecule has 2 nitrogen and oxygen atoms in total. The summed E-state index contributed by atoms with van der Waals surface area (Å²) in [6.07, 6.45) is 2.00. The van der Waals surface area contributed by atoms with Crippen LogP contribution in [-0.2, 0) is 6.42 Å². The second-order valence-corrected chi connectivity index (χ2v) is 5.13. The van der Waals surface area contributed by atoms with Gasteiger partial charge in [-0.15, -0.1) is 0 Å². The molecule has 0 saturated carbocycles. The van der Waals surface area contributed by atoms with E-state index in [4.69, 9.17) is 4.74 Å². The van der Waals surface area contributed by atoms with Gasteiger partial charge in [0.05, 0.1) is 0 Å². The lowest BCUT2D eigenvalue weighted by molar-refractivity contribution is 0.0843. The van der Waals surface area contributed by atoms with Crippen LogP contribution in [0.3, 0.4) is 0 Å². The van der Waals surface area contributed by atoms with E-state index >= 15 is 0 Å². The van der Waals surface area contributed by atoms with Crippen molar-refractivity contribution in [3.63, 3.8) is 0 Å². The van der Waals surface area contributed by atoms with Gasteiger partial charge < -0.3 is 4.74 Å². The van der Waals surface area contributed by atoms with E-state index in [2.05, 4.69) is 13.8 Å². The van der Waals surface area contributed by atoms with Gasteiger partial charge in [0.2, 0.25) is 0 Å². The zero-order chi connectivity index (χ0) is 11.9. The van der Waals surface area contributed by atoms with Crippen molar-refractivity contribution in [3.8, 4) is 5.75 Å². The van der Waals surface area contributed by atoms with Gasteiger partial charge in [-0.25, -0.2) is 0 Å². The zero-order valence-electron chi connectivity index (χ0n) is 10.4. The SMILES string of the molecule is CC(=O)c1ccc2c(c1C)CCC(C)(C)O2. The summed E-state index contributed by atoms with van der Waals surface area (Å²) in [5.41, 5.74) is 3.02. The summed E-state index contributed by atoms with van der Waals surface area (Å²) in [5, 5.41) is 0. The summed E-state index contributed by atoms with van der Waals surface area (Å²) in [7, 11) is 0. The Morgan fingerprint density at radius 1 is 1.38 bits per heavy atom. The molecule has 1 aromatic rings. The number of ether oxygens (including phenoxy) is 1. The van der Waals surface area contributed by atoms with Crippen molar-refractivity contribution in [2.24, 2.45) is 0 Å². The van der Waals surface area contributed by atoms with E-state index in [-0.39, 0.29) is 11.4 Å². The van der Waals surface area contributed by atoms with Crippen molar-refractivity contribution < 1.29 is 9.53 Å². The van der Waals surface area contributed by atoms with E-state index in [9.17, 15) is 4.79 Å². The topological polar surface area (TPSA) is 26.3 Å². The molecule has 0 spiro atoms. The molecule has 0 fully saturated rings. The Hall–Kier alpha value is -1.31. The average Bonchev–Trinajstić information content (AvgIpc) is 2.15. The molecule has 0 radical (unpaired) electrons. The van der Waals surface area contributed by atoms with E-state index in [1.165, 1.54) is 5.56 Å². The number of rotatable bonds is 1. The molecule has 2 heteroatoms. The fourth-order valence-electron chi connectivity index (χ4n) is 2.29. The quantitative estimate of drug-likeness (QED) is 0.676. The summed E-state index contributed by atoms with van der Waals surface area (Å²) in [6.45, 7) is 7.83. The zero-order valence-corrected chi connectivity index (χ0v) is 10.4. The highest BCUT2D eigenvalue weighted by Crippen LogP contribution is 2.36. The molecule has 0 atom stereocenters. The van der Waals surface area contributed by atoms with Crippen molar-refractivity contribution in [1.82, 2.24) is 0 Å². The van der Waals surface area contributed by atoms with Crippen LogP contribution >= 0.6 is 0 Å². The van der Waals surface area contributed by atoms with E-state index in [0.29, 0.717) is 0 Å². The first kappa shape index (κ1) is 11.2. The molecule has 0 bridgehead atoms. The third kappa shape index (κ3) is 1.84. The average molecular weight is 218 g/mol. The number of hydrogen-bond acceptors (Lipinski definition) is 2. The molecule has 0 aromatic heterocycles. The molecule has 1 heterocycles. The van der Waals surface area contributed by atoms with Gasteiger partial charge in [-0.3, -0.25) is 4.79 Å². The van der Waals surface area contributed by atoms with Crippen LogP contribution in [0.2, 0.25) is 0 Å². The predicted octanol–water partition coefficient (Wildman–Crippen LogP) is 3.30. The van der Waals surface area contributed by atoms with Gasteiger partial charge in [0.15, 0.2) is 5.78 Å². The van der Waals surface area contributed by atoms with E-state index < -0.39 is 0 Å². The van der Waals surface area contributed by atoms with Gasteiger partial charge in [0, 0.05) is 5.56 Å². The molecule has 86 valence electrons. The summed E-state index contributed by atoms with van der Waals surface area (Å²) in [6, 6.07) is 3.80. The molecule has 0 amide bonds. The maximum atomic E-state index is 11.4. The third-order valence-corrected chi connectivity index (χ3v) is 3.30. The van der Waals surface area contributed by atoms with Gasteiger partial charge >= 0.3 is 0 Å². The minimum Gasteiger partial charge on any atom is -0.488 e. The van der Waals surface area contributed by atoms with Gasteiger partial charge in [0.25, 0.3) is 0 Å². The second-order valence-electron chi connectivity index (χ2n) is 5.13. The fraction of sp³-hybridized carbons (Fsp3) is 0.500. The van der Waals surface area contributed by atoms with Crippen LogP contribution in [0.1, 0.15) is 48.7 Å². The molecule has 16 heavy (non-hydrogen) atoms. The Kier molecular flexibility index (Phi) is 2.53. The number of benzene rings is 1. The number of ketones is 1. The smallest absolute Gasteiger partial charge is 0.160 e. The highest BCUT2D eigenvalue weighted by atomic mass is 16.5. The number of carbonyl (C=O) groups is 1. The van der Waals surface area contributed by atoms with Crippen molar-refractivity contribution in [1.29, 1.82) is 0 Å². The molecule has 1 aliphatic heterocycles. The number of carbonyl (C=O) groups excluding carboxylic acids is 1. The minimum atomic E-state index is -0.0861. The van der Waals surface area contributed by atoms with Crippen molar-refractivity contribution in [2.45, 2.75) is 46.1 Å². The first-order valence-electron chi connectivity index (χ1n) is 5.73. The predicted molar refractivity (Wildman–Crippen MR) is 64.2 cm³/mol. The van der Waals surface area contributed by atoms with Crippen molar-refractivity contribution in [2.75, 3.05) is 0 Å². The monoisotopic (exact) mass is 218 g/mol. The number of fused-ring (bicyclic) bond motifs is 1. The van der Waals surface area contributed by atoms with E-state index in [1.54, 1.807) is 6.92 Å². The first-order chi connectivity index (χ1) is 7.41. The van der Waals surface area contributed by atoms with Crippen LogP contribution in [0.25, 0.3) is 0 Å². The fourth-order valence-corrected chi connectivity index (χ4v) is 2.29. The van der Waals surface area contributed by atoms with Crippen LogP contribution in [0.5, 0.6) is 5.75 Å². The largest absolute Gasteiger partial charge is 0.488 e. The summed E-state index contributed by atoms with van der Waals surface area (Å²) >= 11 is 0. The second kappa shape index (κ2) is 3.62. The molecule has 0 unspecified atom stereocenters. The number of hydrogen-bond donors (Lipinski definition) is 0. The molecule has 0 N–H and O–H groups in total. The Balaban J connectivity index is 2.49. The van der Waals surface area contributed by atoms with Crippen LogP contribution < -0.4 is 4.74 Å². The molecule has 0 aliphatic carbocycles.